The molecular formula is C27H32N2O3. The molecule has 5 heteroatoms. The number of imide groups is 1. The third kappa shape index (κ3) is 4.35. The van der Waals surface area contributed by atoms with Crippen molar-refractivity contribution in [2.24, 2.45) is 0 Å². The van der Waals surface area contributed by atoms with Crippen LogP contribution in [-0.2, 0) is 20.7 Å². The Labute approximate surface area is 190 Å². The van der Waals surface area contributed by atoms with Crippen LogP contribution in [0.4, 0.5) is 5.69 Å². The molecular weight excluding hydrogens is 400 g/mol. The monoisotopic (exact) mass is 432 g/mol. The smallest absolute Gasteiger partial charge is 0.282 e. The van der Waals surface area contributed by atoms with Crippen LogP contribution in [0.25, 0.3) is 5.57 Å². The Bertz CT molecular complexity index is 1010. The molecule has 1 fully saturated rings. The van der Waals surface area contributed by atoms with Gasteiger partial charge in [-0.2, -0.15) is 0 Å². The molecule has 32 heavy (non-hydrogen) atoms. The van der Waals surface area contributed by atoms with Crippen LogP contribution < -0.4 is 4.90 Å². The van der Waals surface area contributed by atoms with Crippen molar-refractivity contribution >= 4 is 23.1 Å². The summed E-state index contributed by atoms with van der Waals surface area (Å²) in [5.41, 5.74) is 4.69. The van der Waals surface area contributed by atoms with E-state index in [-0.39, 0.29) is 24.0 Å². The highest BCUT2D eigenvalue weighted by atomic mass is 16.5. The predicted molar refractivity (Wildman–Crippen MR) is 127 cm³/mol. The van der Waals surface area contributed by atoms with E-state index >= 15 is 0 Å². The molecule has 2 amide bonds. The largest absolute Gasteiger partial charge is 0.372 e. The second-order valence-corrected chi connectivity index (χ2v) is 8.97. The summed E-state index contributed by atoms with van der Waals surface area (Å²) in [7, 11) is 0. The summed E-state index contributed by atoms with van der Waals surface area (Å²) in [5.74, 6) is -0.518. The maximum atomic E-state index is 13.7. The number of morpholine rings is 1. The minimum absolute atomic E-state index is 0.0136. The Morgan fingerprint density at radius 1 is 0.906 bits per heavy atom. The van der Waals surface area contributed by atoms with Gasteiger partial charge >= 0.3 is 0 Å². The first-order valence-electron chi connectivity index (χ1n) is 11.6. The summed E-state index contributed by atoms with van der Waals surface area (Å²) in [6, 6.07) is 15.6. The van der Waals surface area contributed by atoms with Crippen LogP contribution in [0.15, 0.2) is 54.2 Å². The van der Waals surface area contributed by atoms with Gasteiger partial charge in [0.25, 0.3) is 11.8 Å². The molecule has 2 unspecified atom stereocenters. The van der Waals surface area contributed by atoms with Gasteiger partial charge in [-0.15, -0.1) is 0 Å². The lowest BCUT2D eigenvalue weighted by molar-refractivity contribution is -0.121. The zero-order valence-electron chi connectivity index (χ0n) is 19.4. The third-order valence-electron chi connectivity index (χ3n) is 6.15. The number of anilines is 1. The van der Waals surface area contributed by atoms with E-state index in [0.717, 1.165) is 30.4 Å². The molecule has 0 spiro atoms. The highest BCUT2D eigenvalue weighted by molar-refractivity contribution is 6.45. The van der Waals surface area contributed by atoms with E-state index in [1.54, 1.807) is 0 Å². The Morgan fingerprint density at radius 2 is 1.53 bits per heavy atom. The molecule has 4 rings (SSSR count). The van der Waals surface area contributed by atoms with E-state index in [1.807, 2.05) is 74.2 Å². The minimum atomic E-state index is -0.262. The quantitative estimate of drug-likeness (QED) is 0.619. The summed E-state index contributed by atoms with van der Waals surface area (Å²) in [6.45, 7) is 9.35. The zero-order valence-corrected chi connectivity index (χ0v) is 19.4. The van der Waals surface area contributed by atoms with Crippen molar-refractivity contribution in [3.05, 3.63) is 70.9 Å². The average molecular weight is 433 g/mol. The van der Waals surface area contributed by atoms with Gasteiger partial charge in [0, 0.05) is 13.1 Å². The van der Waals surface area contributed by atoms with Gasteiger partial charge in [-0.05, 0) is 56.9 Å². The number of hydrogen-bond acceptors (Lipinski definition) is 4. The van der Waals surface area contributed by atoms with Gasteiger partial charge in [-0.1, -0.05) is 55.3 Å². The number of rotatable bonds is 6. The fourth-order valence-corrected chi connectivity index (χ4v) is 4.58. The van der Waals surface area contributed by atoms with Crippen molar-refractivity contribution in [3.8, 4) is 0 Å². The Balaban J connectivity index is 1.73. The summed E-state index contributed by atoms with van der Waals surface area (Å²) >= 11 is 0. The van der Waals surface area contributed by atoms with Crippen molar-refractivity contribution in [1.82, 2.24) is 4.90 Å². The third-order valence-corrected chi connectivity index (χ3v) is 6.15. The zero-order chi connectivity index (χ0) is 22.8. The highest BCUT2D eigenvalue weighted by Gasteiger charge is 2.43. The van der Waals surface area contributed by atoms with E-state index in [2.05, 4.69) is 6.92 Å². The molecule has 2 aliphatic heterocycles. The molecule has 2 atom stereocenters. The standard InChI is InChI=1S/C27H32N2O3/c1-5-6-7-21-10-14-23(15-11-21)29-26(30)24(22-12-8-18(2)9-13-22)25(27(29)31)28-16-19(3)32-20(4)17-28/h8-15,19-20H,5-7,16-17H2,1-4H3. The molecule has 0 aromatic heterocycles. The molecule has 0 aliphatic carbocycles. The van der Waals surface area contributed by atoms with Gasteiger partial charge in [-0.25, -0.2) is 4.90 Å². The van der Waals surface area contributed by atoms with Crippen molar-refractivity contribution < 1.29 is 14.3 Å². The number of hydrogen-bond donors (Lipinski definition) is 0. The van der Waals surface area contributed by atoms with Crippen LogP contribution in [0.1, 0.15) is 50.3 Å². The lowest BCUT2D eigenvalue weighted by Gasteiger charge is -2.37. The molecule has 2 aromatic rings. The predicted octanol–water partition coefficient (Wildman–Crippen LogP) is 4.73. The number of carbonyl (C=O) groups excluding carboxylic acids is 2. The number of unbranched alkanes of at least 4 members (excludes halogenated alkanes) is 1. The number of amides is 2. The van der Waals surface area contributed by atoms with Crippen LogP contribution in [0, 0.1) is 6.92 Å². The van der Waals surface area contributed by atoms with Crippen molar-refractivity contribution in [1.29, 1.82) is 0 Å². The van der Waals surface area contributed by atoms with Gasteiger partial charge in [-0.3, -0.25) is 9.59 Å². The fraction of sp³-hybridized carbons (Fsp3) is 0.407. The first kappa shape index (κ1) is 22.3. The minimum Gasteiger partial charge on any atom is -0.372 e. The van der Waals surface area contributed by atoms with Crippen LogP contribution in [-0.4, -0.2) is 42.0 Å². The van der Waals surface area contributed by atoms with Crippen LogP contribution >= 0.6 is 0 Å². The summed E-state index contributed by atoms with van der Waals surface area (Å²) in [6.07, 6.45) is 3.23. The molecule has 0 N–H and O–H groups in total. The molecule has 168 valence electrons. The van der Waals surface area contributed by atoms with Crippen LogP contribution in [0.2, 0.25) is 0 Å². The topological polar surface area (TPSA) is 49.9 Å². The van der Waals surface area contributed by atoms with Crippen molar-refractivity contribution in [2.45, 2.75) is 59.2 Å². The van der Waals surface area contributed by atoms with Gasteiger partial charge in [0.1, 0.15) is 5.70 Å². The first-order valence-corrected chi connectivity index (χ1v) is 11.6. The Hall–Kier alpha value is -2.92. The van der Waals surface area contributed by atoms with Crippen molar-refractivity contribution in [2.75, 3.05) is 18.0 Å². The highest BCUT2D eigenvalue weighted by Crippen LogP contribution is 2.36. The maximum Gasteiger partial charge on any atom is 0.282 e. The number of carbonyl (C=O) groups is 2. The van der Waals surface area contributed by atoms with E-state index in [9.17, 15) is 9.59 Å². The van der Waals surface area contributed by atoms with E-state index in [0.29, 0.717) is 30.0 Å². The number of nitrogens with zero attached hydrogens (tertiary/aromatic N) is 2. The molecule has 2 aliphatic rings. The summed E-state index contributed by atoms with van der Waals surface area (Å²) in [5, 5.41) is 0. The maximum absolute atomic E-state index is 13.7. The fourth-order valence-electron chi connectivity index (χ4n) is 4.58. The lowest BCUT2D eigenvalue weighted by Crippen LogP contribution is -2.47. The molecule has 5 nitrogen and oxygen atoms in total. The van der Waals surface area contributed by atoms with Crippen LogP contribution in [0.5, 0.6) is 0 Å². The van der Waals surface area contributed by atoms with E-state index in [1.165, 1.54) is 10.5 Å². The second-order valence-electron chi connectivity index (χ2n) is 8.97. The average Bonchev–Trinajstić information content (AvgIpc) is 3.02. The normalized spacial score (nSPS) is 21.6. The second kappa shape index (κ2) is 9.29. The molecule has 0 saturated carbocycles. The van der Waals surface area contributed by atoms with Gasteiger partial charge < -0.3 is 9.64 Å². The van der Waals surface area contributed by atoms with Gasteiger partial charge in [0.2, 0.25) is 0 Å². The lowest BCUT2D eigenvalue weighted by atomic mass is 10.0. The SMILES string of the molecule is CCCCc1ccc(N2C(=O)C(c3ccc(C)cc3)=C(N3CC(C)OC(C)C3)C2=O)cc1. The number of ether oxygens (including phenoxy) is 1. The molecule has 1 saturated heterocycles. The Kier molecular flexibility index (Phi) is 6.47. The summed E-state index contributed by atoms with van der Waals surface area (Å²) < 4.78 is 5.88. The van der Waals surface area contributed by atoms with Gasteiger partial charge in [0.05, 0.1) is 23.5 Å². The van der Waals surface area contributed by atoms with Crippen molar-refractivity contribution in [3.63, 3.8) is 0 Å². The van der Waals surface area contributed by atoms with E-state index < -0.39 is 0 Å². The molecule has 2 heterocycles. The molecule has 0 radical (unpaired) electrons. The van der Waals surface area contributed by atoms with Crippen LogP contribution in [0.3, 0.4) is 0 Å². The first-order chi connectivity index (χ1) is 15.4. The molecule has 0 bridgehead atoms. The van der Waals surface area contributed by atoms with Gasteiger partial charge in [0.15, 0.2) is 0 Å². The Morgan fingerprint density at radius 3 is 2.12 bits per heavy atom. The van der Waals surface area contributed by atoms with E-state index in [4.69, 9.17) is 4.74 Å². The number of benzene rings is 2. The number of aryl methyl sites for hydroxylation is 2. The molecule has 2 aromatic carbocycles. The summed E-state index contributed by atoms with van der Waals surface area (Å²) in [4.78, 5) is 30.7.